The van der Waals surface area contributed by atoms with E-state index in [4.69, 9.17) is 4.42 Å². The first kappa shape index (κ1) is 15.3. The molecule has 6 nitrogen and oxygen atoms in total. The van der Waals surface area contributed by atoms with E-state index in [1.54, 1.807) is 12.1 Å². The maximum absolute atomic E-state index is 11.7. The number of amides is 2. The van der Waals surface area contributed by atoms with Crippen molar-refractivity contribution in [2.45, 2.75) is 19.1 Å². The van der Waals surface area contributed by atoms with E-state index in [9.17, 15) is 14.7 Å². The van der Waals surface area contributed by atoms with Crippen molar-refractivity contribution in [3.8, 4) is 0 Å². The molecule has 0 radical (unpaired) electrons. The van der Waals surface area contributed by atoms with E-state index < -0.39 is 17.4 Å². The monoisotopic (exact) mass is 308 g/mol. The maximum atomic E-state index is 11.7. The third-order valence-electron chi connectivity index (χ3n) is 2.85. The predicted octanol–water partition coefficient (Wildman–Crippen LogP) is 0.981. The molecule has 2 amide bonds. The summed E-state index contributed by atoms with van der Waals surface area (Å²) in [5, 5.41) is 16.9. The molecule has 2 rings (SSSR count). The van der Waals surface area contributed by atoms with Gasteiger partial charge in [-0.2, -0.15) is 0 Å². The number of carbonyl (C=O) groups excluding carboxylic acids is 2. The number of nitrogens with one attached hydrogen (secondary N) is 2. The van der Waals surface area contributed by atoms with Gasteiger partial charge < -0.3 is 20.2 Å². The first-order valence-electron chi connectivity index (χ1n) is 6.34. The van der Waals surface area contributed by atoms with Crippen LogP contribution in [-0.4, -0.2) is 23.5 Å². The van der Waals surface area contributed by atoms with Gasteiger partial charge in [0.1, 0.15) is 11.4 Å². The van der Waals surface area contributed by atoms with Gasteiger partial charge in [0, 0.05) is 4.88 Å². The second-order valence-corrected chi connectivity index (χ2v) is 5.73. The van der Waals surface area contributed by atoms with Crippen molar-refractivity contribution in [1.82, 2.24) is 10.6 Å². The van der Waals surface area contributed by atoms with Crippen LogP contribution in [0.3, 0.4) is 0 Å². The molecule has 21 heavy (non-hydrogen) atoms. The number of carbonyl (C=O) groups is 2. The lowest BCUT2D eigenvalue weighted by molar-refractivity contribution is -0.140. The van der Waals surface area contributed by atoms with E-state index in [-0.39, 0.29) is 6.54 Å². The molecule has 0 spiro atoms. The molecule has 0 aliphatic rings. The van der Waals surface area contributed by atoms with Crippen molar-refractivity contribution >= 4 is 23.2 Å². The Balaban J connectivity index is 1.80. The van der Waals surface area contributed by atoms with Gasteiger partial charge >= 0.3 is 11.8 Å². The molecule has 2 aromatic heterocycles. The quantitative estimate of drug-likeness (QED) is 0.718. The molecule has 0 saturated heterocycles. The Morgan fingerprint density at radius 2 is 2.05 bits per heavy atom. The molecular weight excluding hydrogens is 292 g/mol. The van der Waals surface area contributed by atoms with Gasteiger partial charge in [-0.25, -0.2) is 0 Å². The largest absolute Gasteiger partial charge is 0.466 e. The fraction of sp³-hybridized carbons (Fsp3) is 0.286. The zero-order chi connectivity index (χ0) is 15.3. The van der Waals surface area contributed by atoms with E-state index in [0.29, 0.717) is 12.3 Å². The Kier molecular flexibility index (Phi) is 4.77. The molecule has 0 unspecified atom stereocenters. The van der Waals surface area contributed by atoms with E-state index in [1.807, 2.05) is 17.5 Å². The highest BCUT2D eigenvalue weighted by Crippen LogP contribution is 2.19. The predicted molar refractivity (Wildman–Crippen MR) is 77.5 cm³/mol. The maximum Gasteiger partial charge on any atom is 0.309 e. The normalized spacial score (nSPS) is 13.4. The lowest BCUT2D eigenvalue weighted by Crippen LogP contribution is -2.45. The standard InChI is InChI=1S/C14H16N2O4S/c1-14(19,11-5-2-6-20-11)9-16-13(18)12(17)15-8-10-4-3-7-21-10/h2-7,19H,8-9H2,1H3,(H,15,17)(H,16,18)/t14-/m0/s1. The van der Waals surface area contributed by atoms with Crippen LogP contribution in [0.2, 0.25) is 0 Å². The minimum atomic E-state index is -1.37. The van der Waals surface area contributed by atoms with Crippen LogP contribution >= 0.6 is 11.3 Å². The molecule has 0 bridgehead atoms. The summed E-state index contributed by atoms with van der Waals surface area (Å²) in [6.07, 6.45) is 1.43. The van der Waals surface area contributed by atoms with Crippen LogP contribution in [0.1, 0.15) is 17.6 Å². The Bertz CT molecular complexity index is 591. The summed E-state index contributed by atoms with van der Waals surface area (Å²) < 4.78 is 5.09. The lowest BCUT2D eigenvalue weighted by Gasteiger charge is -2.20. The lowest BCUT2D eigenvalue weighted by atomic mass is 10.0. The SMILES string of the molecule is C[C@](O)(CNC(=O)C(=O)NCc1cccs1)c1ccco1. The van der Waals surface area contributed by atoms with E-state index in [1.165, 1.54) is 24.5 Å². The molecule has 0 saturated carbocycles. The van der Waals surface area contributed by atoms with Crippen LogP contribution in [0.25, 0.3) is 0 Å². The van der Waals surface area contributed by atoms with Gasteiger partial charge in [-0.3, -0.25) is 9.59 Å². The van der Waals surface area contributed by atoms with Gasteiger partial charge in [0.05, 0.1) is 19.4 Å². The zero-order valence-electron chi connectivity index (χ0n) is 11.5. The van der Waals surface area contributed by atoms with E-state index in [2.05, 4.69) is 10.6 Å². The third kappa shape index (κ3) is 4.17. The molecule has 1 atom stereocenters. The first-order valence-corrected chi connectivity index (χ1v) is 7.22. The van der Waals surface area contributed by atoms with Gasteiger partial charge in [-0.05, 0) is 30.5 Å². The van der Waals surface area contributed by atoms with Crippen LogP contribution in [0.15, 0.2) is 40.3 Å². The summed E-state index contributed by atoms with van der Waals surface area (Å²) in [4.78, 5) is 24.2. The molecule has 7 heteroatoms. The number of thiophene rings is 1. The summed E-state index contributed by atoms with van der Waals surface area (Å²) in [6, 6.07) is 6.97. The van der Waals surface area contributed by atoms with Crippen molar-refractivity contribution in [1.29, 1.82) is 0 Å². The molecule has 3 N–H and O–H groups in total. The van der Waals surface area contributed by atoms with Crippen molar-refractivity contribution in [3.63, 3.8) is 0 Å². The Morgan fingerprint density at radius 3 is 2.67 bits per heavy atom. The molecule has 2 aromatic rings. The van der Waals surface area contributed by atoms with Crippen LogP contribution in [0.5, 0.6) is 0 Å². The summed E-state index contributed by atoms with van der Waals surface area (Å²) in [5.41, 5.74) is -1.37. The molecule has 112 valence electrons. The first-order chi connectivity index (χ1) is 9.99. The fourth-order valence-corrected chi connectivity index (χ4v) is 2.31. The Hall–Kier alpha value is -2.12. The zero-order valence-corrected chi connectivity index (χ0v) is 12.3. The Labute approximate surface area is 125 Å². The minimum absolute atomic E-state index is 0.119. The highest BCUT2D eigenvalue weighted by Gasteiger charge is 2.27. The second-order valence-electron chi connectivity index (χ2n) is 4.70. The molecule has 2 heterocycles. The van der Waals surface area contributed by atoms with Crippen LogP contribution in [0.4, 0.5) is 0 Å². The van der Waals surface area contributed by atoms with E-state index in [0.717, 1.165) is 4.88 Å². The van der Waals surface area contributed by atoms with Gasteiger partial charge in [0.25, 0.3) is 0 Å². The smallest absolute Gasteiger partial charge is 0.309 e. The van der Waals surface area contributed by atoms with Crippen molar-refractivity contribution in [2.24, 2.45) is 0 Å². The van der Waals surface area contributed by atoms with Gasteiger partial charge in [-0.15, -0.1) is 11.3 Å². The number of furan rings is 1. The summed E-state index contributed by atoms with van der Waals surface area (Å²) >= 11 is 1.49. The van der Waals surface area contributed by atoms with Crippen LogP contribution in [0, 0.1) is 0 Å². The average Bonchev–Trinajstić information content (AvgIpc) is 3.14. The molecule has 0 fully saturated rings. The number of rotatable bonds is 5. The average molecular weight is 308 g/mol. The van der Waals surface area contributed by atoms with E-state index >= 15 is 0 Å². The molecule has 0 aromatic carbocycles. The van der Waals surface area contributed by atoms with Crippen molar-refractivity contribution in [3.05, 3.63) is 46.5 Å². The number of aliphatic hydroxyl groups is 1. The molecular formula is C14H16N2O4S. The minimum Gasteiger partial charge on any atom is -0.466 e. The van der Waals surface area contributed by atoms with Gasteiger partial charge in [0.15, 0.2) is 0 Å². The van der Waals surface area contributed by atoms with Crippen LogP contribution in [-0.2, 0) is 21.7 Å². The highest BCUT2D eigenvalue weighted by molar-refractivity contribution is 7.09. The van der Waals surface area contributed by atoms with Crippen molar-refractivity contribution in [2.75, 3.05) is 6.54 Å². The summed E-state index contributed by atoms with van der Waals surface area (Å²) in [5.74, 6) is -1.21. The van der Waals surface area contributed by atoms with Gasteiger partial charge in [0.2, 0.25) is 0 Å². The summed E-state index contributed by atoms with van der Waals surface area (Å²) in [6.45, 7) is 1.68. The second kappa shape index (κ2) is 6.55. The van der Waals surface area contributed by atoms with Gasteiger partial charge in [-0.1, -0.05) is 6.07 Å². The fourth-order valence-electron chi connectivity index (χ4n) is 1.67. The highest BCUT2D eigenvalue weighted by atomic mass is 32.1. The topological polar surface area (TPSA) is 91.6 Å². The molecule has 0 aliphatic heterocycles. The number of hydrogen-bond donors (Lipinski definition) is 3. The van der Waals surface area contributed by atoms with Crippen LogP contribution < -0.4 is 10.6 Å². The summed E-state index contributed by atoms with van der Waals surface area (Å²) in [7, 11) is 0. The third-order valence-corrected chi connectivity index (χ3v) is 3.73. The number of hydrogen-bond acceptors (Lipinski definition) is 5. The molecule has 0 aliphatic carbocycles. The van der Waals surface area contributed by atoms with Crippen molar-refractivity contribution < 1.29 is 19.1 Å². The Morgan fingerprint density at radius 1 is 1.29 bits per heavy atom.